The van der Waals surface area contributed by atoms with Crippen molar-refractivity contribution in [2.24, 2.45) is 17.3 Å². The highest BCUT2D eigenvalue weighted by Crippen LogP contribution is 2.66. The van der Waals surface area contributed by atoms with Crippen molar-refractivity contribution in [2.75, 3.05) is 13.6 Å². The monoisotopic (exact) mass is 301 g/mol. The fourth-order valence-corrected chi connectivity index (χ4v) is 5.95. The predicted molar refractivity (Wildman–Crippen MR) is 77.0 cm³/mol. The highest BCUT2D eigenvalue weighted by molar-refractivity contribution is 6.00. The molecule has 0 amide bonds. The molecule has 0 radical (unpaired) electrons. The third-order valence-electron chi connectivity index (χ3n) is 6.84. The number of ether oxygens (including phenoxy) is 1. The molecule has 1 spiro atoms. The van der Waals surface area contributed by atoms with E-state index in [2.05, 4.69) is 4.90 Å². The van der Waals surface area contributed by atoms with Crippen molar-refractivity contribution < 1.29 is 19.4 Å². The third kappa shape index (κ3) is 1.17. The van der Waals surface area contributed by atoms with E-state index in [9.17, 15) is 14.7 Å². The Hall–Kier alpha value is -1.30. The molecule has 5 nitrogen and oxygen atoms in total. The lowest BCUT2D eigenvalue weighted by Crippen LogP contribution is -2.75. The Morgan fingerprint density at radius 2 is 2.14 bits per heavy atom. The molecule has 2 saturated heterocycles. The number of nitrogens with zero attached hydrogens (tertiary/aromatic N) is 1. The molecule has 2 heterocycles. The van der Waals surface area contributed by atoms with Crippen LogP contribution in [0, 0.1) is 17.3 Å². The van der Waals surface area contributed by atoms with Gasteiger partial charge >= 0.3 is 0 Å². The van der Waals surface area contributed by atoms with Crippen LogP contribution in [0.15, 0.2) is 24.3 Å². The van der Waals surface area contributed by atoms with Gasteiger partial charge in [0.1, 0.15) is 17.8 Å². The van der Waals surface area contributed by atoms with E-state index in [0.29, 0.717) is 6.42 Å². The number of piperidine rings is 1. The minimum absolute atomic E-state index is 0.0328. The SMILES string of the molecule is CN1CCC23C4OC5C(=O)C=CC(CC1C2(O)C=CC4=O)C53. The largest absolute Gasteiger partial charge is 0.383 e. The van der Waals surface area contributed by atoms with Crippen LogP contribution in [-0.4, -0.2) is 59.0 Å². The van der Waals surface area contributed by atoms with Crippen molar-refractivity contribution in [3.63, 3.8) is 0 Å². The lowest BCUT2D eigenvalue weighted by Gasteiger charge is -2.64. The molecule has 22 heavy (non-hydrogen) atoms. The molecule has 5 aliphatic rings. The molecule has 2 bridgehead atoms. The second-order valence-electron chi connectivity index (χ2n) is 7.47. The Kier molecular flexibility index (Phi) is 2.26. The van der Waals surface area contributed by atoms with Gasteiger partial charge in [0.25, 0.3) is 0 Å². The van der Waals surface area contributed by atoms with Crippen LogP contribution in [0.4, 0.5) is 0 Å². The number of carbonyl (C=O) groups is 2. The molecular formula is C17H19NO4. The zero-order valence-corrected chi connectivity index (χ0v) is 12.4. The van der Waals surface area contributed by atoms with Crippen LogP contribution in [-0.2, 0) is 14.3 Å². The molecule has 0 aromatic carbocycles. The summed E-state index contributed by atoms with van der Waals surface area (Å²) < 4.78 is 5.97. The van der Waals surface area contributed by atoms with Gasteiger partial charge in [-0.05, 0) is 50.6 Å². The van der Waals surface area contributed by atoms with Gasteiger partial charge in [0, 0.05) is 17.4 Å². The van der Waals surface area contributed by atoms with Gasteiger partial charge in [-0.3, -0.25) is 9.59 Å². The standard InChI is InChI=1S/C17H19NO4/c1-18-7-6-16-13-9-2-3-10(19)14(13)22-15(16)11(20)4-5-17(16,21)12(18)8-9/h2-5,9,12-15,21H,6-8H2,1H3. The van der Waals surface area contributed by atoms with Crippen molar-refractivity contribution in [1.29, 1.82) is 0 Å². The van der Waals surface area contributed by atoms with E-state index in [1.165, 1.54) is 6.08 Å². The highest BCUT2D eigenvalue weighted by Gasteiger charge is 2.76. The van der Waals surface area contributed by atoms with Gasteiger partial charge < -0.3 is 14.7 Å². The highest BCUT2D eigenvalue weighted by atomic mass is 16.5. The quantitative estimate of drug-likeness (QED) is 0.687. The van der Waals surface area contributed by atoms with Gasteiger partial charge in [-0.1, -0.05) is 6.08 Å². The van der Waals surface area contributed by atoms with Crippen LogP contribution in [0.5, 0.6) is 0 Å². The first-order valence-electron chi connectivity index (χ1n) is 8.02. The first-order chi connectivity index (χ1) is 10.5. The van der Waals surface area contributed by atoms with Crippen molar-refractivity contribution >= 4 is 11.6 Å². The molecule has 7 atom stereocenters. The van der Waals surface area contributed by atoms with Gasteiger partial charge in [0.15, 0.2) is 11.6 Å². The minimum Gasteiger partial charge on any atom is -0.383 e. The molecular weight excluding hydrogens is 282 g/mol. The first kappa shape index (κ1) is 13.2. The zero-order chi connectivity index (χ0) is 15.3. The Morgan fingerprint density at radius 3 is 2.95 bits per heavy atom. The summed E-state index contributed by atoms with van der Waals surface area (Å²) >= 11 is 0. The first-order valence-corrected chi connectivity index (χ1v) is 8.02. The van der Waals surface area contributed by atoms with Gasteiger partial charge in [0.05, 0.1) is 0 Å². The lowest BCUT2D eigenvalue weighted by molar-refractivity contribution is -0.206. The maximum absolute atomic E-state index is 12.5. The molecule has 116 valence electrons. The van der Waals surface area contributed by atoms with E-state index in [1.807, 2.05) is 13.1 Å². The maximum Gasteiger partial charge on any atom is 0.184 e. The number of rotatable bonds is 0. The fraction of sp³-hybridized carbons (Fsp3) is 0.647. The Bertz CT molecular complexity index is 655. The number of allylic oxidation sites excluding steroid dienone is 1. The molecule has 7 unspecified atom stereocenters. The second kappa shape index (κ2) is 3.78. The summed E-state index contributed by atoms with van der Waals surface area (Å²) in [7, 11) is 2.03. The summed E-state index contributed by atoms with van der Waals surface area (Å²) in [6, 6.07) is -0.0328. The molecule has 3 fully saturated rings. The fourth-order valence-electron chi connectivity index (χ4n) is 5.95. The summed E-state index contributed by atoms with van der Waals surface area (Å²) in [5.41, 5.74) is -1.73. The van der Waals surface area contributed by atoms with Gasteiger partial charge in [0.2, 0.25) is 0 Å². The van der Waals surface area contributed by atoms with Crippen molar-refractivity contribution in [3.05, 3.63) is 24.3 Å². The summed E-state index contributed by atoms with van der Waals surface area (Å²) in [6.45, 7) is 0.821. The molecule has 5 rings (SSSR count). The van der Waals surface area contributed by atoms with Crippen molar-refractivity contribution in [2.45, 2.75) is 36.7 Å². The van der Waals surface area contributed by atoms with Crippen LogP contribution in [0.1, 0.15) is 12.8 Å². The number of hydrogen-bond acceptors (Lipinski definition) is 5. The van der Waals surface area contributed by atoms with E-state index in [4.69, 9.17) is 4.74 Å². The van der Waals surface area contributed by atoms with E-state index in [0.717, 1.165) is 13.0 Å². The van der Waals surface area contributed by atoms with Gasteiger partial charge in [-0.2, -0.15) is 0 Å². The molecule has 2 aliphatic heterocycles. The second-order valence-corrected chi connectivity index (χ2v) is 7.47. The van der Waals surface area contributed by atoms with Crippen LogP contribution in [0.2, 0.25) is 0 Å². The van der Waals surface area contributed by atoms with E-state index >= 15 is 0 Å². The average molecular weight is 301 g/mol. The molecule has 0 aromatic rings. The minimum atomic E-state index is -1.08. The lowest BCUT2D eigenvalue weighted by atomic mass is 9.45. The molecule has 5 heteroatoms. The normalized spacial score (nSPS) is 55.5. The summed E-state index contributed by atoms with van der Waals surface area (Å²) in [5.74, 6) is -0.0488. The van der Waals surface area contributed by atoms with Crippen molar-refractivity contribution in [3.8, 4) is 0 Å². The Labute approximate surface area is 128 Å². The third-order valence-corrected chi connectivity index (χ3v) is 6.84. The number of ketones is 2. The van der Waals surface area contributed by atoms with E-state index < -0.39 is 23.2 Å². The van der Waals surface area contributed by atoms with E-state index in [-0.39, 0.29) is 29.4 Å². The van der Waals surface area contributed by atoms with E-state index in [1.54, 1.807) is 12.2 Å². The summed E-state index contributed by atoms with van der Waals surface area (Å²) in [6.07, 6.45) is 6.98. The average Bonchev–Trinajstić information content (AvgIpc) is 2.85. The Morgan fingerprint density at radius 1 is 1.32 bits per heavy atom. The van der Waals surface area contributed by atoms with Crippen LogP contribution < -0.4 is 0 Å². The van der Waals surface area contributed by atoms with Gasteiger partial charge in [-0.25, -0.2) is 0 Å². The number of likely N-dealkylation sites (N-methyl/N-ethyl adjacent to an activating group) is 1. The van der Waals surface area contributed by atoms with Crippen LogP contribution in [0.3, 0.4) is 0 Å². The summed E-state index contributed by atoms with van der Waals surface area (Å²) in [4.78, 5) is 26.9. The summed E-state index contributed by atoms with van der Waals surface area (Å²) in [5, 5.41) is 11.6. The molecule has 1 N–H and O–H groups in total. The van der Waals surface area contributed by atoms with Gasteiger partial charge in [-0.15, -0.1) is 0 Å². The molecule has 0 aromatic heterocycles. The zero-order valence-electron chi connectivity index (χ0n) is 12.4. The smallest absolute Gasteiger partial charge is 0.184 e. The molecule has 1 saturated carbocycles. The van der Waals surface area contributed by atoms with Crippen LogP contribution >= 0.6 is 0 Å². The Balaban J connectivity index is 1.79. The number of hydrogen-bond donors (Lipinski definition) is 1. The number of aliphatic hydroxyl groups is 1. The number of likely N-dealkylation sites (tertiary alicyclic amines) is 1. The number of carbonyl (C=O) groups excluding carboxylic acids is 2. The predicted octanol–water partition coefficient (Wildman–Crippen LogP) is 0.0893. The van der Waals surface area contributed by atoms with Crippen molar-refractivity contribution in [1.82, 2.24) is 4.90 Å². The maximum atomic E-state index is 12.5. The molecule has 3 aliphatic carbocycles. The topological polar surface area (TPSA) is 66.8 Å². The van der Waals surface area contributed by atoms with Crippen LogP contribution in [0.25, 0.3) is 0 Å².